The summed E-state index contributed by atoms with van der Waals surface area (Å²) >= 11 is 0. The average Bonchev–Trinajstić information content (AvgIpc) is 2.20. The molecule has 0 aromatic carbocycles. The van der Waals surface area contributed by atoms with Crippen LogP contribution in [0.2, 0.25) is 0 Å². The van der Waals surface area contributed by atoms with Gasteiger partial charge in [-0.1, -0.05) is 3.89 Å². The molecule has 0 spiro atoms. The van der Waals surface area contributed by atoms with Gasteiger partial charge in [0.1, 0.15) is 6.21 Å². The maximum atomic E-state index is 12.1. The molecule has 0 unspecified atom stereocenters. The zero-order valence-electron chi connectivity index (χ0n) is 8.93. The van der Waals surface area contributed by atoms with E-state index in [9.17, 15) is 21.9 Å². The molecule has 0 aliphatic carbocycles. The molecule has 1 heterocycles. The fourth-order valence-electron chi connectivity index (χ4n) is 1.35. The molecule has 17 heavy (non-hydrogen) atoms. The van der Waals surface area contributed by atoms with Gasteiger partial charge < -0.3 is 5.32 Å². The van der Waals surface area contributed by atoms with Crippen molar-refractivity contribution in [2.75, 3.05) is 13.1 Å². The van der Waals surface area contributed by atoms with Gasteiger partial charge in [0.25, 0.3) is 5.91 Å². The Kier molecular flexibility index (Phi) is 4.55. The maximum absolute atomic E-state index is 12.1. The standard InChI is InChI=1S/C8H12FN3O4S/c9-17(15,16)11-6-7(13)12-5-3-1-2-4-10-8(12)14/h6H,1-5H2,(H,10,14)/b11-6-. The Labute approximate surface area is 98.0 Å². The van der Waals surface area contributed by atoms with Gasteiger partial charge in [-0.3, -0.25) is 9.69 Å². The summed E-state index contributed by atoms with van der Waals surface area (Å²) in [6, 6.07) is -0.627. The Balaban J connectivity index is 2.71. The van der Waals surface area contributed by atoms with Crippen molar-refractivity contribution < 1.29 is 21.9 Å². The Bertz CT molecular complexity index is 434. The van der Waals surface area contributed by atoms with Crippen molar-refractivity contribution in [2.24, 2.45) is 4.40 Å². The van der Waals surface area contributed by atoms with Crippen LogP contribution in [0.3, 0.4) is 0 Å². The van der Waals surface area contributed by atoms with Crippen LogP contribution in [0.4, 0.5) is 8.68 Å². The number of rotatable bonds is 2. The number of hydrogen-bond donors (Lipinski definition) is 1. The summed E-state index contributed by atoms with van der Waals surface area (Å²) < 4.78 is 34.7. The molecule has 0 atom stereocenters. The fourth-order valence-corrected chi connectivity index (χ4v) is 1.57. The number of carbonyl (C=O) groups is 2. The first-order chi connectivity index (χ1) is 7.90. The highest BCUT2D eigenvalue weighted by atomic mass is 32.3. The average molecular weight is 265 g/mol. The third-order valence-electron chi connectivity index (χ3n) is 2.13. The van der Waals surface area contributed by atoms with Crippen LogP contribution in [-0.4, -0.2) is 44.6 Å². The summed E-state index contributed by atoms with van der Waals surface area (Å²) in [4.78, 5) is 23.6. The lowest BCUT2D eigenvalue weighted by atomic mass is 10.2. The highest BCUT2D eigenvalue weighted by molar-refractivity contribution is 7.85. The maximum Gasteiger partial charge on any atom is 0.418 e. The molecule has 0 saturated carbocycles. The zero-order valence-corrected chi connectivity index (χ0v) is 9.74. The SMILES string of the molecule is O=C(/C=N\S(=O)(=O)F)N1CCCCCNC1=O. The molecule has 0 bridgehead atoms. The summed E-state index contributed by atoms with van der Waals surface area (Å²) in [7, 11) is -5.10. The third-order valence-corrected chi connectivity index (χ3v) is 2.49. The van der Waals surface area contributed by atoms with Crippen molar-refractivity contribution in [3.63, 3.8) is 0 Å². The quantitative estimate of drug-likeness (QED) is 0.561. The Morgan fingerprint density at radius 1 is 1.41 bits per heavy atom. The van der Waals surface area contributed by atoms with E-state index in [1.807, 2.05) is 0 Å². The largest absolute Gasteiger partial charge is 0.418 e. The van der Waals surface area contributed by atoms with Crippen molar-refractivity contribution >= 4 is 28.6 Å². The molecule has 1 saturated heterocycles. The first-order valence-electron chi connectivity index (χ1n) is 4.99. The van der Waals surface area contributed by atoms with Crippen LogP contribution < -0.4 is 5.32 Å². The number of imide groups is 1. The van der Waals surface area contributed by atoms with Crippen LogP contribution in [0.15, 0.2) is 4.40 Å². The summed E-state index contributed by atoms with van der Waals surface area (Å²) in [6.07, 6.45) is 2.56. The molecule has 0 radical (unpaired) electrons. The molecule has 1 aliphatic heterocycles. The Morgan fingerprint density at radius 2 is 2.12 bits per heavy atom. The fraction of sp³-hybridized carbons (Fsp3) is 0.625. The van der Waals surface area contributed by atoms with E-state index in [1.54, 1.807) is 0 Å². The van der Waals surface area contributed by atoms with E-state index in [0.29, 0.717) is 13.0 Å². The van der Waals surface area contributed by atoms with Crippen LogP contribution in [0, 0.1) is 0 Å². The molecule has 1 N–H and O–H groups in total. The van der Waals surface area contributed by atoms with Gasteiger partial charge in [0.15, 0.2) is 0 Å². The van der Waals surface area contributed by atoms with Crippen molar-refractivity contribution in [1.82, 2.24) is 10.2 Å². The lowest BCUT2D eigenvalue weighted by Gasteiger charge is -2.21. The van der Waals surface area contributed by atoms with E-state index in [2.05, 4.69) is 9.71 Å². The van der Waals surface area contributed by atoms with E-state index in [1.165, 1.54) is 0 Å². The number of nitrogens with one attached hydrogen (secondary N) is 1. The molecule has 0 aromatic rings. The van der Waals surface area contributed by atoms with E-state index in [-0.39, 0.29) is 12.8 Å². The molecule has 1 aliphatic rings. The van der Waals surface area contributed by atoms with Crippen molar-refractivity contribution in [3.05, 3.63) is 0 Å². The van der Waals surface area contributed by atoms with Gasteiger partial charge in [0.2, 0.25) is 0 Å². The van der Waals surface area contributed by atoms with Gasteiger partial charge in [0, 0.05) is 13.1 Å². The Hall–Kier alpha value is -1.51. The van der Waals surface area contributed by atoms with Crippen molar-refractivity contribution in [3.8, 4) is 0 Å². The topological polar surface area (TPSA) is 95.9 Å². The molecule has 9 heteroatoms. The second-order valence-electron chi connectivity index (χ2n) is 3.43. The first-order valence-corrected chi connectivity index (χ1v) is 6.33. The lowest BCUT2D eigenvalue weighted by Crippen LogP contribution is -2.46. The number of urea groups is 1. The van der Waals surface area contributed by atoms with E-state index >= 15 is 0 Å². The molecule has 0 aromatic heterocycles. The van der Waals surface area contributed by atoms with Crippen LogP contribution in [0.1, 0.15) is 19.3 Å². The van der Waals surface area contributed by atoms with Crippen molar-refractivity contribution in [1.29, 1.82) is 0 Å². The lowest BCUT2D eigenvalue weighted by molar-refractivity contribution is -0.121. The molecule has 1 rings (SSSR count). The van der Waals surface area contributed by atoms with Gasteiger partial charge >= 0.3 is 16.4 Å². The highest BCUT2D eigenvalue weighted by Gasteiger charge is 2.21. The molecule has 7 nitrogen and oxygen atoms in total. The smallest absolute Gasteiger partial charge is 0.338 e. The Morgan fingerprint density at radius 3 is 2.76 bits per heavy atom. The predicted molar refractivity (Wildman–Crippen MR) is 57.5 cm³/mol. The first kappa shape index (κ1) is 13.6. The minimum atomic E-state index is -5.10. The van der Waals surface area contributed by atoms with Crippen LogP contribution in [-0.2, 0) is 15.2 Å². The minimum absolute atomic E-state index is 0.156. The van der Waals surface area contributed by atoms with Gasteiger partial charge in [-0.2, -0.15) is 8.42 Å². The third kappa shape index (κ3) is 4.89. The van der Waals surface area contributed by atoms with Gasteiger partial charge in [-0.05, 0) is 19.3 Å². The summed E-state index contributed by atoms with van der Waals surface area (Å²) in [5.74, 6) is -0.953. The van der Waals surface area contributed by atoms with E-state index in [4.69, 9.17) is 0 Å². The predicted octanol–water partition coefficient (Wildman–Crippen LogP) is -0.00640. The van der Waals surface area contributed by atoms with Gasteiger partial charge in [-0.15, -0.1) is 4.40 Å². The normalized spacial score (nSPS) is 18.6. The van der Waals surface area contributed by atoms with E-state index in [0.717, 1.165) is 17.7 Å². The van der Waals surface area contributed by atoms with Crippen LogP contribution in [0.25, 0.3) is 0 Å². The number of nitrogens with zero attached hydrogens (tertiary/aromatic N) is 2. The summed E-state index contributed by atoms with van der Waals surface area (Å²) in [5.41, 5.74) is 0. The second-order valence-corrected chi connectivity index (χ2v) is 4.46. The van der Waals surface area contributed by atoms with E-state index < -0.39 is 22.3 Å². The molecule has 1 fully saturated rings. The van der Waals surface area contributed by atoms with Gasteiger partial charge in [0.05, 0.1) is 0 Å². The minimum Gasteiger partial charge on any atom is -0.338 e. The van der Waals surface area contributed by atoms with Gasteiger partial charge in [-0.25, -0.2) is 4.79 Å². The second kappa shape index (κ2) is 5.71. The molecule has 96 valence electrons. The van der Waals surface area contributed by atoms with Crippen molar-refractivity contribution in [2.45, 2.75) is 19.3 Å². The summed E-state index contributed by atoms with van der Waals surface area (Å²) in [6.45, 7) is 0.601. The molecular weight excluding hydrogens is 253 g/mol. The highest BCUT2D eigenvalue weighted by Crippen LogP contribution is 2.03. The number of hydrogen-bond acceptors (Lipinski definition) is 4. The summed E-state index contributed by atoms with van der Waals surface area (Å²) in [5, 5.41) is 2.47. The molecular formula is C8H12FN3O4S. The molecule has 3 amide bonds. The zero-order chi connectivity index (χ0) is 12.9. The number of carbonyl (C=O) groups excluding carboxylic acids is 2. The van der Waals surface area contributed by atoms with Crippen LogP contribution >= 0.6 is 0 Å². The monoisotopic (exact) mass is 265 g/mol. The number of halogens is 1. The van der Waals surface area contributed by atoms with Crippen LogP contribution in [0.5, 0.6) is 0 Å². The number of amides is 3.